The maximum atomic E-state index is 8.88. The van der Waals surface area contributed by atoms with Gasteiger partial charge < -0.3 is 10.4 Å². The number of nitrogens with one attached hydrogen (secondary N) is 1. The van der Waals surface area contributed by atoms with Crippen LogP contribution in [0.1, 0.15) is 24.6 Å². The Hall–Kier alpha value is -1.16. The summed E-state index contributed by atoms with van der Waals surface area (Å²) in [5, 5.41) is 20.2. The third kappa shape index (κ3) is 1.85. The van der Waals surface area contributed by atoms with Crippen LogP contribution < -0.4 is 5.32 Å². The first kappa shape index (κ1) is 9.40. The summed E-state index contributed by atoms with van der Waals surface area (Å²) >= 11 is 0. The van der Waals surface area contributed by atoms with E-state index in [1.165, 1.54) is 12.0 Å². The van der Waals surface area contributed by atoms with Crippen LogP contribution in [0.4, 0.5) is 5.82 Å². The van der Waals surface area contributed by atoms with Crippen LogP contribution in [0.25, 0.3) is 0 Å². The number of hydrogen-bond donors (Lipinski definition) is 2. The third-order valence-electron chi connectivity index (χ3n) is 2.49. The number of aromatic nitrogens is 2. The van der Waals surface area contributed by atoms with Crippen molar-refractivity contribution in [1.82, 2.24) is 10.2 Å². The fourth-order valence-corrected chi connectivity index (χ4v) is 1.70. The summed E-state index contributed by atoms with van der Waals surface area (Å²) in [5.41, 5.74) is 2.43. The second-order valence-corrected chi connectivity index (χ2v) is 3.78. The van der Waals surface area contributed by atoms with E-state index in [1.54, 1.807) is 0 Å². The van der Waals surface area contributed by atoms with Gasteiger partial charge in [0.15, 0.2) is 0 Å². The normalized spacial score (nSPS) is 16.4. The van der Waals surface area contributed by atoms with Crippen molar-refractivity contribution in [3.05, 3.63) is 17.3 Å². The third-order valence-corrected chi connectivity index (χ3v) is 2.49. The second kappa shape index (κ2) is 3.92. The molecule has 2 rings (SSSR count). The topological polar surface area (TPSA) is 58.0 Å². The van der Waals surface area contributed by atoms with Gasteiger partial charge >= 0.3 is 0 Å². The standard InChI is InChI=1S/C10H15N3O/c1-7(6-14)11-10-5-8-3-2-4-9(8)12-13-10/h5,7,14H,2-4,6H2,1H3,(H,11,13)/t7-/m0/s1. The van der Waals surface area contributed by atoms with Gasteiger partial charge in [0.2, 0.25) is 0 Å². The Morgan fingerprint density at radius 1 is 1.50 bits per heavy atom. The number of rotatable bonds is 3. The van der Waals surface area contributed by atoms with E-state index in [9.17, 15) is 0 Å². The second-order valence-electron chi connectivity index (χ2n) is 3.78. The molecule has 0 fully saturated rings. The van der Waals surface area contributed by atoms with E-state index in [1.807, 2.05) is 13.0 Å². The predicted molar refractivity (Wildman–Crippen MR) is 54.2 cm³/mol. The van der Waals surface area contributed by atoms with Crippen LogP contribution in [0.15, 0.2) is 6.07 Å². The van der Waals surface area contributed by atoms with Crippen molar-refractivity contribution < 1.29 is 5.11 Å². The van der Waals surface area contributed by atoms with Gasteiger partial charge in [0.1, 0.15) is 5.82 Å². The molecule has 1 atom stereocenters. The fourth-order valence-electron chi connectivity index (χ4n) is 1.70. The molecule has 1 aliphatic rings. The Labute approximate surface area is 83.4 Å². The fraction of sp³-hybridized carbons (Fsp3) is 0.600. The molecule has 0 bridgehead atoms. The number of aliphatic hydroxyl groups excluding tert-OH is 1. The first-order valence-electron chi connectivity index (χ1n) is 5.02. The van der Waals surface area contributed by atoms with Gasteiger partial charge in [-0.05, 0) is 37.8 Å². The molecule has 4 heteroatoms. The van der Waals surface area contributed by atoms with Gasteiger partial charge in [-0.25, -0.2) is 0 Å². The summed E-state index contributed by atoms with van der Waals surface area (Å²) in [6.45, 7) is 2.02. The van der Waals surface area contributed by atoms with Crippen molar-refractivity contribution in [2.24, 2.45) is 0 Å². The minimum atomic E-state index is 0.0313. The molecule has 1 heterocycles. The largest absolute Gasteiger partial charge is 0.394 e. The van der Waals surface area contributed by atoms with Crippen molar-refractivity contribution in [3.63, 3.8) is 0 Å². The average Bonchev–Trinajstić information content (AvgIpc) is 2.64. The minimum Gasteiger partial charge on any atom is -0.394 e. The molecule has 0 spiro atoms. The van der Waals surface area contributed by atoms with Crippen LogP contribution in [0.5, 0.6) is 0 Å². The van der Waals surface area contributed by atoms with E-state index in [4.69, 9.17) is 5.11 Å². The van der Waals surface area contributed by atoms with Gasteiger partial charge in [-0.2, -0.15) is 5.10 Å². The van der Waals surface area contributed by atoms with E-state index in [0.29, 0.717) is 0 Å². The Bertz CT molecular complexity index is 327. The molecule has 0 unspecified atom stereocenters. The molecule has 0 radical (unpaired) electrons. The maximum absolute atomic E-state index is 8.88. The van der Waals surface area contributed by atoms with E-state index in [2.05, 4.69) is 15.5 Å². The van der Waals surface area contributed by atoms with Gasteiger partial charge in [-0.1, -0.05) is 0 Å². The Morgan fingerprint density at radius 2 is 2.36 bits per heavy atom. The van der Waals surface area contributed by atoms with Crippen LogP contribution in [0.3, 0.4) is 0 Å². The van der Waals surface area contributed by atoms with Crippen LogP contribution in [-0.2, 0) is 12.8 Å². The SMILES string of the molecule is C[C@@H](CO)Nc1cc2c(nn1)CCC2. The van der Waals surface area contributed by atoms with Crippen LogP contribution >= 0.6 is 0 Å². The maximum Gasteiger partial charge on any atom is 0.149 e. The first-order chi connectivity index (χ1) is 6.79. The van der Waals surface area contributed by atoms with Gasteiger partial charge in [0.25, 0.3) is 0 Å². The van der Waals surface area contributed by atoms with Crippen molar-refractivity contribution in [2.45, 2.75) is 32.2 Å². The molecule has 1 aromatic heterocycles. The number of aryl methyl sites for hydroxylation is 2. The Balaban J connectivity index is 2.12. The molecule has 4 nitrogen and oxygen atoms in total. The van der Waals surface area contributed by atoms with E-state index in [0.717, 1.165) is 24.4 Å². The van der Waals surface area contributed by atoms with Gasteiger partial charge in [0.05, 0.1) is 12.3 Å². The highest BCUT2D eigenvalue weighted by molar-refractivity contribution is 5.40. The summed E-state index contributed by atoms with van der Waals surface area (Å²) in [4.78, 5) is 0. The van der Waals surface area contributed by atoms with Gasteiger partial charge in [0, 0.05) is 6.04 Å². The van der Waals surface area contributed by atoms with Crippen molar-refractivity contribution in [2.75, 3.05) is 11.9 Å². The smallest absolute Gasteiger partial charge is 0.149 e. The van der Waals surface area contributed by atoms with Gasteiger partial charge in [-0.15, -0.1) is 5.10 Å². The molecule has 0 aliphatic heterocycles. The highest BCUT2D eigenvalue weighted by Crippen LogP contribution is 2.20. The predicted octanol–water partition coefficient (Wildman–Crippen LogP) is 0.758. The molecular weight excluding hydrogens is 178 g/mol. The molecule has 0 saturated carbocycles. The molecule has 1 aromatic rings. The van der Waals surface area contributed by atoms with Gasteiger partial charge in [-0.3, -0.25) is 0 Å². The lowest BCUT2D eigenvalue weighted by Gasteiger charge is -2.11. The van der Waals surface area contributed by atoms with Crippen molar-refractivity contribution >= 4 is 5.82 Å². The Morgan fingerprint density at radius 3 is 3.14 bits per heavy atom. The average molecular weight is 193 g/mol. The Kier molecular flexibility index (Phi) is 2.63. The molecule has 14 heavy (non-hydrogen) atoms. The number of anilines is 1. The number of nitrogens with zero attached hydrogens (tertiary/aromatic N) is 2. The highest BCUT2D eigenvalue weighted by atomic mass is 16.3. The molecule has 0 saturated heterocycles. The monoisotopic (exact) mass is 193 g/mol. The molecule has 76 valence electrons. The van der Waals surface area contributed by atoms with Crippen molar-refractivity contribution in [1.29, 1.82) is 0 Å². The van der Waals surface area contributed by atoms with E-state index >= 15 is 0 Å². The zero-order valence-corrected chi connectivity index (χ0v) is 8.32. The zero-order valence-electron chi connectivity index (χ0n) is 8.32. The van der Waals surface area contributed by atoms with Crippen LogP contribution in [-0.4, -0.2) is 28.0 Å². The lowest BCUT2D eigenvalue weighted by atomic mass is 10.2. The van der Waals surface area contributed by atoms with E-state index < -0.39 is 0 Å². The summed E-state index contributed by atoms with van der Waals surface area (Å²) in [6.07, 6.45) is 3.34. The molecule has 0 aromatic carbocycles. The zero-order chi connectivity index (χ0) is 9.97. The summed E-state index contributed by atoms with van der Waals surface area (Å²) in [7, 11) is 0. The highest BCUT2D eigenvalue weighted by Gasteiger charge is 2.13. The number of hydrogen-bond acceptors (Lipinski definition) is 4. The number of aliphatic hydroxyl groups is 1. The van der Waals surface area contributed by atoms with Crippen LogP contribution in [0, 0.1) is 0 Å². The number of fused-ring (bicyclic) bond motifs is 1. The first-order valence-corrected chi connectivity index (χ1v) is 5.02. The van der Waals surface area contributed by atoms with Crippen LogP contribution in [0.2, 0.25) is 0 Å². The quantitative estimate of drug-likeness (QED) is 0.744. The molecule has 2 N–H and O–H groups in total. The summed E-state index contributed by atoms with van der Waals surface area (Å²) in [6, 6.07) is 2.07. The van der Waals surface area contributed by atoms with E-state index in [-0.39, 0.29) is 12.6 Å². The molecular formula is C10H15N3O. The lowest BCUT2D eigenvalue weighted by molar-refractivity contribution is 0.281. The summed E-state index contributed by atoms with van der Waals surface area (Å²) < 4.78 is 0. The lowest BCUT2D eigenvalue weighted by Crippen LogP contribution is -2.20. The molecule has 1 aliphatic carbocycles. The van der Waals surface area contributed by atoms with Crippen molar-refractivity contribution in [3.8, 4) is 0 Å². The summed E-state index contributed by atoms with van der Waals surface area (Å²) in [5.74, 6) is 0.771. The minimum absolute atomic E-state index is 0.0313. The molecule has 0 amide bonds.